The van der Waals surface area contributed by atoms with Gasteiger partial charge in [0.25, 0.3) is 5.88 Å². The minimum Gasteiger partial charge on any atom is -0.503 e. The first-order valence-corrected chi connectivity index (χ1v) is 10.6. The summed E-state index contributed by atoms with van der Waals surface area (Å²) in [5.74, 6) is 0.934. The van der Waals surface area contributed by atoms with E-state index in [0.717, 1.165) is 5.56 Å². The number of pyridine rings is 1. The number of nitrogens with zero attached hydrogens (tertiary/aromatic N) is 2. The van der Waals surface area contributed by atoms with Crippen molar-refractivity contribution in [1.82, 2.24) is 9.55 Å². The van der Waals surface area contributed by atoms with Crippen molar-refractivity contribution in [2.75, 3.05) is 20.8 Å². The van der Waals surface area contributed by atoms with Gasteiger partial charge in [0, 0.05) is 23.2 Å². The summed E-state index contributed by atoms with van der Waals surface area (Å²) in [7, 11) is 2.99. The molecule has 0 spiro atoms. The molecule has 34 heavy (non-hydrogen) atoms. The molecule has 0 saturated carbocycles. The SMILES string of the molecule is COc1ccc(C(=O)c2c(C)n(Cc3cccc(OCC=O)c3)c3nc(OC)c(O)cc23)cc1. The van der Waals surface area contributed by atoms with Gasteiger partial charge in [-0.15, -0.1) is 0 Å². The molecule has 8 nitrogen and oxygen atoms in total. The molecule has 2 aromatic carbocycles. The van der Waals surface area contributed by atoms with Crippen molar-refractivity contribution in [3.8, 4) is 23.1 Å². The molecule has 174 valence electrons. The molecule has 0 unspecified atom stereocenters. The summed E-state index contributed by atoms with van der Waals surface area (Å²) in [6.45, 7) is 2.19. The van der Waals surface area contributed by atoms with Gasteiger partial charge in [0.15, 0.2) is 17.8 Å². The van der Waals surface area contributed by atoms with Crippen molar-refractivity contribution in [3.63, 3.8) is 0 Å². The number of ether oxygens (including phenoxy) is 3. The maximum atomic E-state index is 13.5. The van der Waals surface area contributed by atoms with Crippen molar-refractivity contribution in [2.24, 2.45) is 0 Å². The molecule has 0 fully saturated rings. The predicted octanol–water partition coefficient (Wildman–Crippen LogP) is 3.92. The molecule has 0 bridgehead atoms. The van der Waals surface area contributed by atoms with E-state index in [1.54, 1.807) is 37.4 Å². The van der Waals surface area contributed by atoms with Crippen LogP contribution in [-0.2, 0) is 11.3 Å². The highest BCUT2D eigenvalue weighted by Gasteiger charge is 2.24. The molecule has 0 saturated heterocycles. The normalized spacial score (nSPS) is 10.8. The van der Waals surface area contributed by atoms with Gasteiger partial charge in [0.2, 0.25) is 0 Å². The van der Waals surface area contributed by atoms with Crippen molar-refractivity contribution in [2.45, 2.75) is 13.5 Å². The average Bonchev–Trinajstić information content (AvgIpc) is 3.11. The molecule has 8 heteroatoms. The van der Waals surface area contributed by atoms with E-state index in [-0.39, 0.29) is 24.0 Å². The summed E-state index contributed by atoms with van der Waals surface area (Å²) < 4.78 is 17.7. The molecule has 0 radical (unpaired) electrons. The van der Waals surface area contributed by atoms with Crippen molar-refractivity contribution in [1.29, 1.82) is 0 Å². The number of carbonyl (C=O) groups is 2. The van der Waals surface area contributed by atoms with Crippen LogP contribution in [0.15, 0.2) is 54.6 Å². The van der Waals surface area contributed by atoms with Crippen LogP contribution in [0.5, 0.6) is 23.1 Å². The van der Waals surface area contributed by atoms with Crippen LogP contribution in [0.4, 0.5) is 0 Å². The Kier molecular flexibility index (Phi) is 6.49. The van der Waals surface area contributed by atoms with Gasteiger partial charge in [-0.2, -0.15) is 4.98 Å². The Balaban J connectivity index is 1.84. The van der Waals surface area contributed by atoms with Gasteiger partial charge in [0.05, 0.1) is 19.8 Å². The fourth-order valence-electron chi connectivity index (χ4n) is 3.92. The van der Waals surface area contributed by atoms with Crippen LogP contribution in [0.25, 0.3) is 11.0 Å². The lowest BCUT2D eigenvalue weighted by molar-refractivity contribution is -0.109. The van der Waals surface area contributed by atoms with Gasteiger partial charge in [-0.1, -0.05) is 12.1 Å². The smallest absolute Gasteiger partial charge is 0.258 e. The van der Waals surface area contributed by atoms with Crippen LogP contribution in [-0.4, -0.2) is 47.6 Å². The highest BCUT2D eigenvalue weighted by Crippen LogP contribution is 2.35. The van der Waals surface area contributed by atoms with E-state index in [4.69, 9.17) is 14.2 Å². The van der Waals surface area contributed by atoms with E-state index in [2.05, 4.69) is 4.98 Å². The largest absolute Gasteiger partial charge is 0.503 e. The molecule has 2 aromatic heterocycles. The first kappa shape index (κ1) is 22.8. The minimum absolute atomic E-state index is 0.0343. The van der Waals surface area contributed by atoms with Crippen LogP contribution in [0.3, 0.4) is 0 Å². The number of ketones is 1. The summed E-state index contributed by atoms with van der Waals surface area (Å²) in [5, 5.41) is 10.9. The van der Waals surface area contributed by atoms with E-state index in [1.165, 1.54) is 13.2 Å². The van der Waals surface area contributed by atoms with Gasteiger partial charge in [0.1, 0.15) is 23.8 Å². The number of aromatic hydroxyl groups is 1. The number of hydrogen-bond acceptors (Lipinski definition) is 7. The Labute approximate surface area is 196 Å². The number of carbonyl (C=O) groups excluding carboxylic acids is 2. The van der Waals surface area contributed by atoms with Gasteiger partial charge >= 0.3 is 0 Å². The lowest BCUT2D eigenvalue weighted by Gasteiger charge is -2.11. The number of aromatic nitrogens is 2. The molecule has 0 aliphatic heterocycles. The second-order valence-electron chi connectivity index (χ2n) is 7.62. The molecular weight excluding hydrogens is 436 g/mol. The first-order chi connectivity index (χ1) is 16.5. The Morgan fingerprint density at radius 1 is 1.06 bits per heavy atom. The highest BCUT2D eigenvalue weighted by molar-refractivity contribution is 6.17. The van der Waals surface area contributed by atoms with E-state index < -0.39 is 0 Å². The van der Waals surface area contributed by atoms with Crippen LogP contribution in [0.2, 0.25) is 0 Å². The fraction of sp³-hybridized carbons (Fsp3) is 0.192. The molecule has 1 N–H and O–H groups in total. The van der Waals surface area contributed by atoms with Crippen molar-refractivity contribution < 1.29 is 28.9 Å². The molecular formula is C26H24N2O6. The Morgan fingerprint density at radius 3 is 2.50 bits per heavy atom. The van der Waals surface area contributed by atoms with Gasteiger partial charge in [-0.05, 0) is 55.0 Å². The monoisotopic (exact) mass is 460 g/mol. The van der Waals surface area contributed by atoms with Crippen LogP contribution in [0.1, 0.15) is 27.2 Å². The number of aldehydes is 1. The number of fused-ring (bicyclic) bond motifs is 1. The highest BCUT2D eigenvalue weighted by atomic mass is 16.5. The second kappa shape index (κ2) is 9.66. The molecule has 0 atom stereocenters. The maximum Gasteiger partial charge on any atom is 0.258 e. The predicted molar refractivity (Wildman–Crippen MR) is 126 cm³/mol. The number of benzene rings is 2. The zero-order valence-corrected chi connectivity index (χ0v) is 19.1. The van der Waals surface area contributed by atoms with Crippen LogP contribution in [0, 0.1) is 6.92 Å². The Hall–Kier alpha value is -4.33. The third-order valence-electron chi connectivity index (χ3n) is 5.57. The summed E-state index contributed by atoms with van der Waals surface area (Å²) in [6.07, 6.45) is 0.690. The zero-order valence-electron chi connectivity index (χ0n) is 19.1. The van der Waals surface area contributed by atoms with E-state index in [1.807, 2.05) is 29.7 Å². The third kappa shape index (κ3) is 4.30. The summed E-state index contributed by atoms with van der Waals surface area (Å²) >= 11 is 0. The molecule has 4 aromatic rings. The topological polar surface area (TPSA) is 99.9 Å². The standard InChI is InChI=1S/C26H24N2O6/c1-16-23(24(31)18-7-9-19(32-2)10-8-18)21-14-22(30)26(33-3)27-25(21)28(16)15-17-5-4-6-20(13-17)34-12-11-29/h4-11,13-14,30H,12,15H2,1-3H3. The first-order valence-electron chi connectivity index (χ1n) is 10.6. The Morgan fingerprint density at radius 2 is 1.82 bits per heavy atom. The summed E-state index contributed by atoms with van der Waals surface area (Å²) in [6, 6.07) is 15.7. The summed E-state index contributed by atoms with van der Waals surface area (Å²) in [4.78, 5) is 28.7. The lowest BCUT2D eigenvalue weighted by Crippen LogP contribution is -2.07. The van der Waals surface area contributed by atoms with Crippen molar-refractivity contribution >= 4 is 23.1 Å². The third-order valence-corrected chi connectivity index (χ3v) is 5.57. The zero-order chi connectivity index (χ0) is 24.2. The molecule has 4 rings (SSSR count). The average molecular weight is 460 g/mol. The number of rotatable bonds is 9. The van der Waals surface area contributed by atoms with Crippen molar-refractivity contribution in [3.05, 3.63) is 77.0 Å². The Bertz CT molecular complexity index is 1360. The lowest BCUT2D eigenvalue weighted by atomic mass is 10.0. The maximum absolute atomic E-state index is 13.5. The van der Waals surface area contributed by atoms with Crippen LogP contribution < -0.4 is 14.2 Å². The van der Waals surface area contributed by atoms with Gasteiger partial charge in [-0.25, -0.2) is 0 Å². The number of hydrogen-bond donors (Lipinski definition) is 1. The summed E-state index contributed by atoms with van der Waals surface area (Å²) in [5.41, 5.74) is 3.01. The van der Waals surface area contributed by atoms with Gasteiger partial charge in [-0.3, -0.25) is 9.59 Å². The van der Waals surface area contributed by atoms with E-state index in [0.29, 0.717) is 52.2 Å². The van der Waals surface area contributed by atoms with Crippen LogP contribution >= 0.6 is 0 Å². The van der Waals surface area contributed by atoms with E-state index in [9.17, 15) is 14.7 Å². The van der Waals surface area contributed by atoms with E-state index >= 15 is 0 Å². The molecule has 2 heterocycles. The van der Waals surface area contributed by atoms with Gasteiger partial charge < -0.3 is 23.9 Å². The second-order valence-corrected chi connectivity index (χ2v) is 7.62. The molecule has 0 aliphatic carbocycles. The molecule has 0 aliphatic rings. The molecule has 0 amide bonds. The minimum atomic E-state index is -0.196. The fourth-order valence-corrected chi connectivity index (χ4v) is 3.92. The quantitative estimate of drug-likeness (QED) is 0.298. The number of methoxy groups -OCH3 is 2.